The van der Waals surface area contributed by atoms with Crippen LogP contribution in [-0.4, -0.2) is 11.5 Å². The summed E-state index contributed by atoms with van der Waals surface area (Å²) in [5, 5.41) is 1.11. The highest BCUT2D eigenvalue weighted by molar-refractivity contribution is 5.82. The molecule has 1 aromatic heterocycles. The minimum absolute atomic E-state index is 0.0202. The zero-order valence-corrected chi connectivity index (χ0v) is 10.1. The SMILES string of the molecule is CCc1cccc2cc(CCCN)c(=O)[nH]c12. The molecule has 3 nitrogen and oxygen atoms in total. The van der Waals surface area contributed by atoms with Crippen molar-refractivity contribution in [3.8, 4) is 0 Å². The van der Waals surface area contributed by atoms with Crippen molar-refractivity contribution in [2.45, 2.75) is 26.2 Å². The van der Waals surface area contributed by atoms with Gasteiger partial charge < -0.3 is 10.7 Å². The minimum Gasteiger partial charge on any atom is -0.330 e. The van der Waals surface area contributed by atoms with Gasteiger partial charge in [0.2, 0.25) is 0 Å². The average molecular weight is 230 g/mol. The Kier molecular flexibility index (Phi) is 3.59. The van der Waals surface area contributed by atoms with E-state index in [0.29, 0.717) is 6.54 Å². The number of H-pyrrole nitrogens is 1. The Hall–Kier alpha value is -1.61. The van der Waals surface area contributed by atoms with Crippen LogP contribution in [0.15, 0.2) is 29.1 Å². The zero-order chi connectivity index (χ0) is 12.3. The molecule has 0 unspecified atom stereocenters. The van der Waals surface area contributed by atoms with E-state index in [-0.39, 0.29) is 5.56 Å². The summed E-state index contributed by atoms with van der Waals surface area (Å²) in [5.74, 6) is 0. The van der Waals surface area contributed by atoms with E-state index in [2.05, 4.69) is 18.0 Å². The molecule has 0 spiro atoms. The third kappa shape index (κ3) is 2.39. The van der Waals surface area contributed by atoms with Gasteiger partial charge in [0.25, 0.3) is 5.56 Å². The summed E-state index contributed by atoms with van der Waals surface area (Å²) in [6.45, 7) is 2.71. The summed E-state index contributed by atoms with van der Waals surface area (Å²) in [5.41, 5.74) is 8.48. The first kappa shape index (κ1) is 11.9. The van der Waals surface area contributed by atoms with Crippen LogP contribution >= 0.6 is 0 Å². The number of hydrogen-bond donors (Lipinski definition) is 2. The van der Waals surface area contributed by atoms with E-state index in [1.54, 1.807) is 0 Å². The van der Waals surface area contributed by atoms with Gasteiger partial charge in [0, 0.05) is 5.56 Å². The molecule has 0 fully saturated rings. The van der Waals surface area contributed by atoms with Crippen LogP contribution in [0.5, 0.6) is 0 Å². The molecule has 0 saturated carbocycles. The fourth-order valence-electron chi connectivity index (χ4n) is 2.11. The van der Waals surface area contributed by atoms with Crippen molar-refractivity contribution in [1.82, 2.24) is 4.98 Å². The molecule has 2 rings (SSSR count). The highest BCUT2D eigenvalue weighted by atomic mass is 16.1. The summed E-state index contributed by atoms with van der Waals surface area (Å²) in [4.78, 5) is 14.9. The lowest BCUT2D eigenvalue weighted by molar-refractivity contribution is 0.824. The Labute approximate surface area is 101 Å². The fraction of sp³-hybridized carbons (Fsp3) is 0.357. The number of benzene rings is 1. The van der Waals surface area contributed by atoms with Crippen molar-refractivity contribution in [3.05, 3.63) is 45.7 Å². The molecule has 3 heteroatoms. The molecule has 0 aliphatic carbocycles. The first-order chi connectivity index (χ1) is 8.26. The monoisotopic (exact) mass is 230 g/mol. The number of fused-ring (bicyclic) bond motifs is 1. The third-order valence-corrected chi connectivity index (χ3v) is 3.07. The highest BCUT2D eigenvalue weighted by Crippen LogP contribution is 2.16. The van der Waals surface area contributed by atoms with Crippen molar-refractivity contribution in [3.63, 3.8) is 0 Å². The summed E-state index contributed by atoms with van der Waals surface area (Å²) < 4.78 is 0. The summed E-state index contributed by atoms with van der Waals surface area (Å²) in [6.07, 6.45) is 2.52. The van der Waals surface area contributed by atoms with Crippen LogP contribution in [0.25, 0.3) is 10.9 Å². The van der Waals surface area contributed by atoms with Gasteiger partial charge in [0.05, 0.1) is 5.52 Å². The van der Waals surface area contributed by atoms with Crippen LogP contribution < -0.4 is 11.3 Å². The van der Waals surface area contributed by atoms with Gasteiger partial charge in [0.15, 0.2) is 0 Å². The van der Waals surface area contributed by atoms with Crippen LogP contribution in [0.1, 0.15) is 24.5 Å². The predicted molar refractivity (Wildman–Crippen MR) is 71.3 cm³/mol. The number of hydrogen-bond acceptors (Lipinski definition) is 2. The number of pyridine rings is 1. The van der Waals surface area contributed by atoms with Crippen molar-refractivity contribution in [1.29, 1.82) is 0 Å². The van der Waals surface area contributed by atoms with E-state index < -0.39 is 0 Å². The topological polar surface area (TPSA) is 58.9 Å². The van der Waals surface area contributed by atoms with Gasteiger partial charge >= 0.3 is 0 Å². The van der Waals surface area contributed by atoms with Gasteiger partial charge in [0.1, 0.15) is 0 Å². The lowest BCUT2D eigenvalue weighted by Crippen LogP contribution is -2.14. The van der Waals surface area contributed by atoms with E-state index in [4.69, 9.17) is 5.73 Å². The molecule has 0 amide bonds. The van der Waals surface area contributed by atoms with Gasteiger partial charge in [-0.1, -0.05) is 25.1 Å². The quantitative estimate of drug-likeness (QED) is 0.843. The molecule has 0 bridgehead atoms. The van der Waals surface area contributed by atoms with Crippen molar-refractivity contribution >= 4 is 10.9 Å². The average Bonchev–Trinajstić information content (AvgIpc) is 2.35. The molecule has 90 valence electrons. The number of para-hydroxylation sites is 1. The van der Waals surface area contributed by atoms with Crippen LogP contribution in [-0.2, 0) is 12.8 Å². The number of aryl methyl sites for hydroxylation is 2. The van der Waals surface area contributed by atoms with Gasteiger partial charge in [-0.2, -0.15) is 0 Å². The Morgan fingerprint density at radius 2 is 2.12 bits per heavy atom. The molecule has 0 saturated heterocycles. The first-order valence-electron chi connectivity index (χ1n) is 6.10. The van der Waals surface area contributed by atoms with Crippen LogP contribution in [0.4, 0.5) is 0 Å². The minimum atomic E-state index is 0.0202. The maximum atomic E-state index is 11.9. The molecule has 0 atom stereocenters. The van der Waals surface area contributed by atoms with Gasteiger partial charge in [-0.15, -0.1) is 0 Å². The summed E-state index contributed by atoms with van der Waals surface area (Å²) >= 11 is 0. The molecule has 0 aliphatic heterocycles. The van der Waals surface area contributed by atoms with E-state index >= 15 is 0 Å². The lowest BCUT2D eigenvalue weighted by atomic mass is 10.0. The third-order valence-electron chi connectivity index (χ3n) is 3.07. The molecular weight excluding hydrogens is 212 g/mol. The summed E-state index contributed by atoms with van der Waals surface area (Å²) in [7, 11) is 0. The van der Waals surface area contributed by atoms with Crippen LogP contribution in [0, 0.1) is 0 Å². The van der Waals surface area contributed by atoms with Gasteiger partial charge in [-0.05, 0) is 42.8 Å². The maximum Gasteiger partial charge on any atom is 0.251 e. The number of nitrogens with one attached hydrogen (secondary N) is 1. The number of aromatic nitrogens is 1. The largest absolute Gasteiger partial charge is 0.330 e. The Balaban J connectivity index is 2.54. The summed E-state index contributed by atoms with van der Waals surface area (Å²) in [6, 6.07) is 8.11. The molecule has 17 heavy (non-hydrogen) atoms. The number of nitrogens with two attached hydrogens (primary N) is 1. The highest BCUT2D eigenvalue weighted by Gasteiger charge is 2.04. The van der Waals surface area contributed by atoms with E-state index in [1.165, 1.54) is 5.56 Å². The Morgan fingerprint density at radius 1 is 1.29 bits per heavy atom. The Morgan fingerprint density at radius 3 is 2.82 bits per heavy atom. The normalized spacial score (nSPS) is 10.9. The molecule has 0 radical (unpaired) electrons. The van der Waals surface area contributed by atoms with Crippen LogP contribution in [0.3, 0.4) is 0 Å². The number of rotatable bonds is 4. The first-order valence-corrected chi connectivity index (χ1v) is 6.10. The van der Waals surface area contributed by atoms with Crippen molar-refractivity contribution in [2.24, 2.45) is 5.73 Å². The van der Waals surface area contributed by atoms with Gasteiger partial charge in [-0.25, -0.2) is 0 Å². The molecule has 2 aromatic rings. The second-order valence-corrected chi connectivity index (χ2v) is 4.25. The molecule has 1 heterocycles. The van der Waals surface area contributed by atoms with Crippen molar-refractivity contribution < 1.29 is 0 Å². The standard InChI is InChI=1S/C14H18N2O/c1-2-10-5-3-6-11-9-12(7-4-8-15)14(17)16-13(10)11/h3,5-6,9H,2,4,7-8,15H2,1H3,(H,16,17). The van der Waals surface area contributed by atoms with E-state index in [1.807, 2.05) is 18.2 Å². The second kappa shape index (κ2) is 5.15. The molecule has 0 aliphatic rings. The second-order valence-electron chi connectivity index (χ2n) is 4.25. The Bertz CT molecular complexity index is 572. The molecule has 3 N–H and O–H groups in total. The fourth-order valence-corrected chi connectivity index (χ4v) is 2.11. The smallest absolute Gasteiger partial charge is 0.251 e. The maximum absolute atomic E-state index is 11.9. The lowest BCUT2D eigenvalue weighted by Gasteiger charge is -2.06. The van der Waals surface area contributed by atoms with Crippen molar-refractivity contribution in [2.75, 3.05) is 6.54 Å². The number of aromatic amines is 1. The predicted octanol–water partition coefficient (Wildman–Crippen LogP) is 1.98. The zero-order valence-electron chi connectivity index (χ0n) is 10.1. The van der Waals surface area contributed by atoms with Crippen LogP contribution in [0.2, 0.25) is 0 Å². The van der Waals surface area contributed by atoms with E-state index in [9.17, 15) is 4.79 Å². The van der Waals surface area contributed by atoms with Gasteiger partial charge in [-0.3, -0.25) is 4.79 Å². The molecule has 1 aromatic carbocycles. The molecular formula is C14H18N2O. The van der Waals surface area contributed by atoms with E-state index in [0.717, 1.165) is 35.7 Å².